The number of carboxylic acid groups (broad SMARTS) is 1. The lowest BCUT2D eigenvalue weighted by Gasteiger charge is -2.30. The molecule has 0 saturated carbocycles. The molecule has 1 fully saturated rings. The summed E-state index contributed by atoms with van der Waals surface area (Å²) in [6, 6.07) is 7.48. The summed E-state index contributed by atoms with van der Waals surface area (Å²) in [4.78, 5) is 25.5. The average Bonchev–Trinajstić information content (AvgIpc) is 3.02. The van der Waals surface area contributed by atoms with E-state index in [2.05, 4.69) is 5.10 Å². The fourth-order valence-corrected chi connectivity index (χ4v) is 3.17. The molecule has 2 heterocycles. The Hall–Kier alpha value is -2.83. The number of piperidine rings is 1. The first-order chi connectivity index (χ1) is 12.0. The molecule has 1 aliphatic heterocycles. The van der Waals surface area contributed by atoms with E-state index in [-0.39, 0.29) is 11.8 Å². The third-order valence-electron chi connectivity index (χ3n) is 4.68. The first-order valence-electron chi connectivity index (χ1n) is 8.23. The minimum atomic E-state index is -0.785. The highest BCUT2D eigenvalue weighted by Gasteiger charge is 2.29. The van der Waals surface area contributed by atoms with Crippen LogP contribution in [-0.4, -0.2) is 51.9 Å². The van der Waals surface area contributed by atoms with Gasteiger partial charge >= 0.3 is 5.97 Å². The van der Waals surface area contributed by atoms with Gasteiger partial charge in [-0.05, 0) is 31.9 Å². The van der Waals surface area contributed by atoms with Crippen molar-refractivity contribution in [1.29, 1.82) is 0 Å². The molecule has 7 nitrogen and oxygen atoms in total. The summed E-state index contributed by atoms with van der Waals surface area (Å²) in [5.41, 5.74) is 2.03. The summed E-state index contributed by atoms with van der Waals surface area (Å²) in [5.74, 6) is -0.578. The van der Waals surface area contributed by atoms with Crippen molar-refractivity contribution in [1.82, 2.24) is 14.7 Å². The van der Waals surface area contributed by atoms with Gasteiger partial charge in [-0.1, -0.05) is 12.1 Å². The number of carbonyl (C=O) groups excluding carboxylic acids is 1. The van der Waals surface area contributed by atoms with Crippen molar-refractivity contribution < 1.29 is 19.4 Å². The molecule has 1 aromatic carbocycles. The van der Waals surface area contributed by atoms with Crippen LogP contribution in [0.2, 0.25) is 0 Å². The second kappa shape index (κ2) is 6.96. The first-order valence-corrected chi connectivity index (χ1v) is 8.23. The van der Waals surface area contributed by atoms with E-state index in [4.69, 9.17) is 9.84 Å². The van der Waals surface area contributed by atoms with Gasteiger partial charge in [0.15, 0.2) is 0 Å². The topological polar surface area (TPSA) is 84.7 Å². The molecule has 0 bridgehead atoms. The zero-order valence-electron chi connectivity index (χ0n) is 14.3. The van der Waals surface area contributed by atoms with Crippen molar-refractivity contribution in [2.75, 3.05) is 20.2 Å². The lowest BCUT2D eigenvalue weighted by Crippen LogP contribution is -2.40. The van der Waals surface area contributed by atoms with E-state index in [1.807, 2.05) is 31.2 Å². The Kier molecular flexibility index (Phi) is 4.74. The van der Waals surface area contributed by atoms with Crippen LogP contribution >= 0.6 is 0 Å². The van der Waals surface area contributed by atoms with Crippen LogP contribution in [0.1, 0.15) is 28.9 Å². The zero-order chi connectivity index (χ0) is 18.0. The summed E-state index contributed by atoms with van der Waals surface area (Å²) >= 11 is 0. The number of ether oxygens (including phenoxy) is 1. The number of carbonyl (C=O) groups is 2. The van der Waals surface area contributed by atoms with Crippen molar-refractivity contribution in [3.63, 3.8) is 0 Å². The van der Waals surface area contributed by atoms with Gasteiger partial charge in [0.25, 0.3) is 5.91 Å². The summed E-state index contributed by atoms with van der Waals surface area (Å²) in [5, 5.41) is 13.4. The van der Waals surface area contributed by atoms with Gasteiger partial charge in [-0.3, -0.25) is 9.59 Å². The second-order valence-electron chi connectivity index (χ2n) is 6.13. The molecule has 0 aliphatic carbocycles. The Labute approximate surface area is 145 Å². The third kappa shape index (κ3) is 3.22. The quantitative estimate of drug-likeness (QED) is 0.919. The summed E-state index contributed by atoms with van der Waals surface area (Å²) in [7, 11) is 1.59. The SMILES string of the molecule is COc1ccccc1-n1ncc(C(=O)N2CCC(C(=O)O)CC2)c1C. The standard InChI is InChI=1S/C18H21N3O4/c1-12-14(17(22)20-9-7-13(8-10-20)18(23)24)11-19-21(12)15-5-3-4-6-16(15)25-2/h3-6,11,13H,7-10H2,1-2H3,(H,23,24). The third-order valence-corrected chi connectivity index (χ3v) is 4.68. The van der Waals surface area contributed by atoms with Gasteiger partial charge in [0.1, 0.15) is 11.4 Å². The van der Waals surface area contributed by atoms with Crippen molar-refractivity contribution in [3.05, 3.63) is 41.7 Å². The molecule has 0 radical (unpaired) electrons. The van der Waals surface area contributed by atoms with Crippen LogP contribution in [0.5, 0.6) is 5.75 Å². The maximum absolute atomic E-state index is 12.8. The predicted molar refractivity (Wildman–Crippen MR) is 91.1 cm³/mol. The van der Waals surface area contributed by atoms with Crippen LogP contribution in [0.15, 0.2) is 30.5 Å². The van der Waals surface area contributed by atoms with E-state index in [0.717, 1.165) is 11.4 Å². The molecular formula is C18H21N3O4. The number of aliphatic carboxylic acids is 1. The number of rotatable bonds is 4. The fraction of sp³-hybridized carbons (Fsp3) is 0.389. The number of amides is 1. The van der Waals surface area contributed by atoms with Gasteiger partial charge in [0.2, 0.25) is 0 Å². The summed E-state index contributed by atoms with van der Waals surface area (Å²) in [6.45, 7) is 2.75. The monoisotopic (exact) mass is 343 g/mol. The Morgan fingerprint density at radius 2 is 1.92 bits per heavy atom. The van der Waals surface area contributed by atoms with E-state index in [9.17, 15) is 9.59 Å². The fourth-order valence-electron chi connectivity index (χ4n) is 3.17. The molecular weight excluding hydrogens is 322 g/mol. The van der Waals surface area contributed by atoms with E-state index in [1.165, 1.54) is 0 Å². The second-order valence-corrected chi connectivity index (χ2v) is 6.13. The highest BCUT2D eigenvalue weighted by atomic mass is 16.5. The Balaban J connectivity index is 1.82. The van der Waals surface area contributed by atoms with Crippen molar-refractivity contribution in [2.24, 2.45) is 5.92 Å². The van der Waals surface area contributed by atoms with Gasteiger partial charge < -0.3 is 14.7 Å². The number of benzene rings is 1. The van der Waals surface area contributed by atoms with Gasteiger partial charge in [-0.15, -0.1) is 0 Å². The predicted octanol–water partition coefficient (Wildman–Crippen LogP) is 2.13. The van der Waals surface area contributed by atoms with E-state index >= 15 is 0 Å². The molecule has 0 spiro atoms. The number of nitrogens with zero attached hydrogens (tertiary/aromatic N) is 3. The Bertz CT molecular complexity index is 791. The number of hydrogen-bond acceptors (Lipinski definition) is 4. The molecule has 1 N–H and O–H groups in total. The lowest BCUT2D eigenvalue weighted by atomic mass is 9.96. The van der Waals surface area contributed by atoms with Crippen LogP contribution in [0.25, 0.3) is 5.69 Å². The largest absolute Gasteiger partial charge is 0.494 e. The molecule has 2 aromatic rings. The Morgan fingerprint density at radius 3 is 2.56 bits per heavy atom. The highest BCUT2D eigenvalue weighted by molar-refractivity contribution is 5.95. The number of para-hydroxylation sites is 2. The number of carboxylic acids is 1. The molecule has 7 heteroatoms. The number of hydrogen-bond donors (Lipinski definition) is 1. The normalized spacial score (nSPS) is 15.2. The van der Waals surface area contributed by atoms with Gasteiger partial charge in [-0.25, -0.2) is 4.68 Å². The van der Waals surface area contributed by atoms with Gasteiger partial charge in [0.05, 0.1) is 30.5 Å². The molecule has 1 aromatic heterocycles. The van der Waals surface area contributed by atoms with E-state index < -0.39 is 5.97 Å². The van der Waals surface area contributed by atoms with Crippen molar-refractivity contribution >= 4 is 11.9 Å². The van der Waals surface area contributed by atoms with Crippen LogP contribution in [-0.2, 0) is 4.79 Å². The van der Waals surface area contributed by atoms with Gasteiger partial charge in [-0.2, -0.15) is 5.10 Å². The molecule has 0 unspecified atom stereocenters. The van der Waals surface area contributed by atoms with Crippen LogP contribution in [0.3, 0.4) is 0 Å². The Morgan fingerprint density at radius 1 is 1.24 bits per heavy atom. The zero-order valence-corrected chi connectivity index (χ0v) is 14.3. The summed E-state index contributed by atoms with van der Waals surface area (Å²) in [6.07, 6.45) is 2.54. The van der Waals surface area contributed by atoms with Gasteiger partial charge in [0, 0.05) is 13.1 Å². The average molecular weight is 343 g/mol. The van der Waals surface area contributed by atoms with Crippen molar-refractivity contribution in [2.45, 2.75) is 19.8 Å². The minimum Gasteiger partial charge on any atom is -0.494 e. The maximum Gasteiger partial charge on any atom is 0.306 e. The molecule has 1 amide bonds. The minimum absolute atomic E-state index is 0.109. The molecule has 132 valence electrons. The highest BCUT2D eigenvalue weighted by Crippen LogP contribution is 2.25. The van der Waals surface area contributed by atoms with Crippen LogP contribution < -0.4 is 4.74 Å². The number of likely N-dealkylation sites (tertiary alicyclic amines) is 1. The van der Waals surface area contributed by atoms with Crippen LogP contribution in [0.4, 0.5) is 0 Å². The smallest absolute Gasteiger partial charge is 0.306 e. The molecule has 0 atom stereocenters. The van der Waals surface area contributed by atoms with Crippen LogP contribution in [0, 0.1) is 12.8 Å². The van der Waals surface area contributed by atoms with E-state index in [1.54, 1.807) is 22.9 Å². The lowest BCUT2D eigenvalue weighted by molar-refractivity contribution is -0.143. The number of aromatic nitrogens is 2. The molecule has 1 aliphatic rings. The summed E-state index contributed by atoms with van der Waals surface area (Å²) < 4.78 is 7.05. The molecule has 1 saturated heterocycles. The number of methoxy groups -OCH3 is 1. The van der Waals surface area contributed by atoms with Crippen molar-refractivity contribution in [3.8, 4) is 11.4 Å². The maximum atomic E-state index is 12.8. The first kappa shape index (κ1) is 17.0. The molecule has 3 rings (SSSR count). The molecule has 25 heavy (non-hydrogen) atoms. The van der Waals surface area contributed by atoms with E-state index in [0.29, 0.717) is 37.2 Å².